The molecule has 0 radical (unpaired) electrons. The molecule has 5 heteroatoms. The van der Waals surface area contributed by atoms with Crippen LogP contribution in [0.5, 0.6) is 5.75 Å². The van der Waals surface area contributed by atoms with Gasteiger partial charge in [-0.1, -0.05) is 12.1 Å². The number of imide groups is 1. The van der Waals surface area contributed by atoms with Crippen molar-refractivity contribution in [1.82, 2.24) is 5.32 Å². The molecule has 0 fully saturated rings. The van der Waals surface area contributed by atoms with Gasteiger partial charge in [-0.05, 0) is 24.6 Å². The highest BCUT2D eigenvalue weighted by Crippen LogP contribution is 2.14. The lowest BCUT2D eigenvalue weighted by atomic mass is 10.2. The van der Waals surface area contributed by atoms with Gasteiger partial charge in [0.15, 0.2) is 0 Å². The van der Waals surface area contributed by atoms with Crippen LogP contribution < -0.4 is 10.1 Å². The topological polar surface area (TPSA) is 64.6 Å². The number of hydrogen-bond donors (Lipinski definition) is 1. The number of hydrogen-bond acceptors (Lipinski definition) is 4. The molecule has 0 atom stereocenters. The summed E-state index contributed by atoms with van der Waals surface area (Å²) in [6.45, 7) is 3.01. The first-order valence-electron chi connectivity index (χ1n) is 6.04. The van der Waals surface area contributed by atoms with Crippen molar-refractivity contribution in [1.29, 1.82) is 0 Å². The highest BCUT2D eigenvalue weighted by molar-refractivity contribution is 6.16. The predicted octanol–water partition coefficient (Wildman–Crippen LogP) is 1.18. The van der Waals surface area contributed by atoms with E-state index in [1.165, 1.54) is 6.08 Å². The number of carbonyl (C=O) groups excluding carboxylic acids is 2. The fourth-order valence-corrected chi connectivity index (χ4v) is 1.73. The van der Waals surface area contributed by atoms with Crippen molar-refractivity contribution < 1.29 is 19.1 Å². The number of nitrogens with one attached hydrogen (secondary N) is 1. The second-order valence-electron chi connectivity index (χ2n) is 4.06. The minimum Gasteiger partial charge on any atom is -0.494 e. The van der Waals surface area contributed by atoms with E-state index in [2.05, 4.69) is 5.32 Å². The van der Waals surface area contributed by atoms with Gasteiger partial charge in [-0.25, -0.2) is 0 Å². The Kier molecular flexibility index (Phi) is 4.30. The van der Waals surface area contributed by atoms with Crippen LogP contribution in [0.4, 0.5) is 0 Å². The van der Waals surface area contributed by atoms with E-state index >= 15 is 0 Å². The van der Waals surface area contributed by atoms with Crippen LogP contribution in [0.25, 0.3) is 0 Å². The van der Waals surface area contributed by atoms with Crippen molar-refractivity contribution in [3.63, 3.8) is 0 Å². The largest absolute Gasteiger partial charge is 0.494 e. The lowest BCUT2D eigenvalue weighted by Crippen LogP contribution is -2.23. The van der Waals surface area contributed by atoms with Crippen LogP contribution >= 0.6 is 0 Å². The first-order valence-corrected chi connectivity index (χ1v) is 6.04. The molecule has 0 spiro atoms. The highest BCUT2D eigenvalue weighted by Gasteiger charge is 2.20. The second kappa shape index (κ2) is 6.15. The van der Waals surface area contributed by atoms with Crippen LogP contribution in [0, 0.1) is 0 Å². The van der Waals surface area contributed by atoms with Crippen molar-refractivity contribution in [3.8, 4) is 5.75 Å². The molecule has 0 aliphatic carbocycles. The van der Waals surface area contributed by atoms with Crippen LogP contribution in [0.3, 0.4) is 0 Å². The number of rotatable bonds is 6. The Bertz CT molecular complexity index is 522. The average Bonchev–Trinajstić information content (AvgIpc) is 2.69. The monoisotopic (exact) mass is 261 g/mol. The van der Waals surface area contributed by atoms with E-state index in [0.29, 0.717) is 18.8 Å². The van der Waals surface area contributed by atoms with Crippen molar-refractivity contribution in [2.45, 2.75) is 13.5 Å². The summed E-state index contributed by atoms with van der Waals surface area (Å²) < 4.78 is 10.8. The maximum absolute atomic E-state index is 11.3. The molecule has 19 heavy (non-hydrogen) atoms. The van der Waals surface area contributed by atoms with Gasteiger partial charge >= 0.3 is 0 Å². The van der Waals surface area contributed by atoms with Crippen LogP contribution in [0.15, 0.2) is 35.9 Å². The van der Waals surface area contributed by atoms with E-state index in [0.717, 1.165) is 11.3 Å². The van der Waals surface area contributed by atoms with Crippen LogP contribution in [-0.4, -0.2) is 25.0 Å². The molecule has 1 aliphatic heterocycles. The lowest BCUT2D eigenvalue weighted by molar-refractivity contribution is -0.124. The Morgan fingerprint density at radius 2 is 2.05 bits per heavy atom. The smallest absolute Gasteiger partial charge is 0.256 e. The SMILES string of the molecule is CCOc1cccc(COCC2=CC(=O)NC2=O)c1. The summed E-state index contributed by atoms with van der Waals surface area (Å²) in [5.41, 5.74) is 1.31. The molecule has 100 valence electrons. The van der Waals surface area contributed by atoms with Crippen molar-refractivity contribution in [3.05, 3.63) is 41.5 Å². The maximum Gasteiger partial charge on any atom is 0.256 e. The minimum absolute atomic E-state index is 0.121. The van der Waals surface area contributed by atoms with E-state index in [1.807, 2.05) is 31.2 Å². The zero-order chi connectivity index (χ0) is 13.7. The Balaban J connectivity index is 1.86. The maximum atomic E-state index is 11.3. The summed E-state index contributed by atoms with van der Waals surface area (Å²) in [6, 6.07) is 7.56. The number of carbonyl (C=O) groups is 2. The highest BCUT2D eigenvalue weighted by atomic mass is 16.5. The number of amides is 2. The molecule has 5 nitrogen and oxygen atoms in total. The average molecular weight is 261 g/mol. The third-order valence-electron chi connectivity index (χ3n) is 2.57. The molecule has 0 saturated heterocycles. The van der Waals surface area contributed by atoms with Gasteiger partial charge in [0.25, 0.3) is 11.8 Å². The molecular formula is C14H15NO4. The summed E-state index contributed by atoms with van der Waals surface area (Å²) in [6.07, 6.45) is 1.26. The summed E-state index contributed by atoms with van der Waals surface area (Å²) >= 11 is 0. The first kappa shape index (κ1) is 13.3. The molecule has 0 aromatic heterocycles. The first-order chi connectivity index (χ1) is 9.19. The van der Waals surface area contributed by atoms with E-state index in [-0.39, 0.29) is 18.4 Å². The zero-order valence-corrected chi connectivity index (χ0v) is 10.6. The molecule has 1 aromatic rings. The Labute approximate surface area is 111 Å². The van der Waals surface area contributed by atoms with E-state index < -0.39 is 0 Å². The van der Waals surface area contributed by atoms with Gasteiger partial charge in [0.1, 0.15) is 5.75 Å². The van der Waals surface area contributed by atoms with Crippen LogP contribution in [-0.2, 0) is 20.9 Å². The predicted molar refractivity (Wildman–Crippen MR) is 68.5 cm³/mol. The fraction of sp³-hybridized carbons (Fsp3) is 0.286. The molecular weight excluding hydrogens is 246 g/mol. The molecule has 2 rings (SSSR count). The van der Waals surface area contributed by atoms with Gasteiger partial charge < -0.3 is 9.47 Å². The molecule has 1 aromatic carbocycles. The van der Waals surface area contributed by atoms with Gasteiger partial charge in [-0.15, -0.1) is 0 Å². The van der Waals surface area contributed by atoms with Gasteiger partial charge in [0, 0.05) is 11.6 Å². The molecule has 0 unspecified atom stereocenters. The second-order valence-corrected chi connectivity index (χ2v) is 4.06. The van der Waals surface area contributed by atoms with Crippen LogP contribution in [0.1, 0.15) is 12.5 Å². The molecule has 0 saturated carbocycles. The van der Waals surface area contributed by atoms with Gasteiger partial charge in [-0.2, -0.15) is 0 Å². The molecule has 1 N–H and O–H groups in total. The normalized spacial score (nSPS) is 14.3. The molecule has 1 heterocycles. The summed E-state index contributed by atoms with van der Waals surface area (Å²) in [5, 5.41) is 2.17. The summed E-state index contributed by atoms with van der Waals surface area (Å²) in [7, 11) is 0. The number of benzene rings is 1. The third kappa shape index (κ3) is 3.66. The van der Waals surface area contributed by atoms with E-state index in [9.17, 15) is 9.59 Å². The third-order valence-corrected chi connectivity index (χ3v) is 2.57. The van der Waals surface area contributed by atoms with Crippen molar-refractivity contribution >= 4 is 11.8 Å². The molecule has 0 bridgehead atoms. The minimum atomic E-state index is -0.387. The Hall–Kier alpha value is -2.14. The van der Waals surface area contributed by atoms with Crippen molar-refractivity contribution in [2.75, 3.05) is 13.2 Å². The van der Waals surface area contributed by atoms with E-state index in [1.54, 1.807) is 0 Å². The molecule has 2 amide bonds. The van der Waals surface area contributed by atoms with Gasteiger partial charge in [-0.3, -0.25) is 14.9 Å². The van der Waals surface area contributed by atoms with Gasteiger partial charge in [0.05, 0.1) is 19.8 Å². The Morgan fingerprint density at radius 1 is 1.21 bits per heavy atom. The Morgan fingerprint density at radius 3 is 2.74 bits per heavy atom. The molecule has 1 aliphatic rings. The zero-order valence-electron chi connectivity index (χ0n) is 10.6. The lowest BCUT2D eigenvalue weighted by Gasteiger charge is -2.07. The van der Waals surface area contributed by atoms with Crippen LogP contribution in [0.2, 0.25) is 0 Å². The van der Waals surface area contributed by atoms with Gasteiger partial charge in [0.2, 0.25) is 0 Å². The summed E-state index contributed by atoms with van der Waals surface area (Å²) in [5.74, 6) is 0.0200. The van der Waals surface area contributed by atoms with Crippen molar-refractivity contribution in [2.24, 2.45) is 0 Å². The fourth-order valence-electron chi connectivity index (χ4n) is 1.73. The summed E-state index contributed by atoms with van der Waals surface area (Å²) in [4.78, 5) is 22.2. The standard InChI is InChI=1S/C14H15NO4/c1-2-19-12-5-3-4-10(6-12)8-18-9-11-7-13(16)15-14(11)17/h3-7H,2,8-9H2,1H3,(H,15,16,17). The van der Waals surface area contributed by atoms with E-state index in [4.69, 9.17) is 9.47 Å². The quantitative estimate of drug-likeness (QED) is 0.781. The number of ether oxygens (including phenoxy) is 2.